The first-order chi connectivity index (χ1) is 6.72. The van der Waals surface area contributed by atoms with Gasteiger partial charge in [-0.1, -0.05) is 0 Å². The second kappa shape index (κ2) is 3.69. The zero-order valence-corrected chi connectivity index (χ0v) is 9.80. The summed E-state index contributed by atoms with van der Waals surface area (Å²) in [6, 6.07) is 3.12. The smallest absolute Gasteiger partial charge is 0.238 e. The molecule has 1 aromatic rings. The summed E-state index contributed by atoms with van der Waals surface area (Å²) < 4.78 is 25.0. The third-order valence-electron chi connectivity index (χ3n) is 1.83. The number of sulfonamides is 1. The molecule has 0 aliphatic carbocycles. The van der Waals surface area contributed by atoms with Gasteiger partial charge in [0.15, 0.2) is 0 Å². The van der Waals surface area contributed by atoms with Gasteiger partial charge in [0.1, 0.15) is 5.82 Å². The maximum absolute atomic E-state index is 11.7. The third-order valence-corrected chi connectivity index (χ3v) is 3.92. The molecule has 84 valence electrons. The van der Waals surface area contributed by atoms with Crippen LogP contribution in [-0.2, 0) is 10.0 Å². The molecule has 0 atom stereocenters. The van der Waals surface area contributed by atoms with Crippen LogP contribution in [0.5, 0.6) is 0 Å². The van der Waals surface area contributed by atoms with Gasteiger partial charge >= 0.3 is 0 Å². The molecule has 0 saturated carbocycles. The molecule has 0 saturated heterocycles. The van der Waals surface area contributed by atoms with E-state index in [1.165, 1.54) is 12.3 Å². The highest BCUT2D eigenvalue weighted by Crippen LogP contribution is 2.18. The van der Waals surface area contributed by atoms with Gasteiger partial charge in [-0.05, 0) is 32.9 Å². The summed E-state index contributed by atoms with van der Waals surface area (Å²) in [7, 11) is -3.42. The van der Waals surface area contributed by atoms with Gasteiger partial charge in [0.25, 0.3) is 0 Å². The van der Waals surface area contributed by atoms with E-state index in [2.05, 4.69) is 9.71 Å². The van der Waals surface area contributed by atoms with Crippen molar-refractivity contribution in [3.63, 3.8) is 0 Å². The van der Waals surface area contributed by atoms with E-state index in [1.807, 2.05) is 0 Å². The lowest BCUT2D eigenvalue weighted by Crippen LogP contribution is -2.33. The van der Waals surface area contributed by atoms with Crippen LogP contribution in [0, 0.1) is 0 Å². The molecule has 0 aromatic carbocycles. The Labute approximate surface area is 89.8 Å². The monoisotopic (exact) mass is 229 g/mol. The summed E-state index contributed by atoms with van der Waals surface area (Å²) in [6.45, 7) is 4.85. The average Bonchev–Trinajstić information content (AvgIpc) is 2.06. The van der Waals surface area contributed by atoms with Gasteiger partial charge < -0.3 is 5.73 Å². The lowest BCUT2D eigenvalue weighted by Gasteiger charge is -2.19. The molecule has 0 spiro atoms. The van der Waals surface area contributed by atoms with E-state index in [0.29, 0.717) is 5.69 Å². The summed E-state index contributed by atoms with van der Waals surface area (Å²) in [5.41, 5.74) is 5.93. The number of nitrogen functional groups attached to an aromatic ring is 1. The molecule has 15 heavy (non-hydrogen) atoms. The minimum atomic E-state index is -3.42. The molecule has 6 heteroatoms. The van der Waals surface area contributed by atoms with Gasteiger partial charge in [-0.2, -0.15) is 0 Å². The quantitative estimate of drug-likeness (QED) is 0.798. The molecule has 1 rings (SSSR count). The molecule has 0 radical (unpaired) electrons. The van der Waals surface area contributed by atoms with Gasteiger partial charge in [0.05, 0.1) is 16.6 Å². The molecule has 0 unspecified atom stereocenters. The number of aromatic nitrogens is 1. The van der Waals surface area contributed by atoms with E-state index in [0.717, 1.165) is 0 Å². The van der Waals surface area contributed by atoms with Crippen molar-refractivity contribution in [2.75, 3.05) is 10.5 Å². The van der Waals surface area contributed by atoms with E-state index in [1.54, 1.807) is 26.8 Å². The Bertz CT molecular complexity index is 431. The lowest BCUT2D eigenvalue weighted by atomic mass is 10.3. The van der Waals surface area contributed by atoms with E-state index in [9.17, 15) is 8.42 Å². The fourth-order valence-electron chi connectivity index (χ4n) is 0.756. The van der Waals surface area contributed by atoms with Crippen LogP contribution in [0.25, 0.3) is 0 Å². The summed E-state index contributed by atoms with van der Waals surface area (Å²) in [6.07, 6.45) is 1.40. The Morgan fingerprint density at radius 3 is 2.33 bits per heavy atom. The van der Waals surface area contributed by atoms with Gasteiger partial charge in [0, 0.05) is 0 Å². The van der Waals surface area contributed by atoms with Crippen molar-refractivity contribution in [1.82, 2.24) is 4.98 Å². The van der Waals surface area contributed by atoms with Crippen LogP contribution in [-0.4, -0.2) is 18.1 Å². The van der Waals surface area contributed by atoms with E-state index < -0.39 is 14.8 Å². The fourth-order valence-corrected chi connectivity index (χ4v) is 1.46. The first-order valence-electron chi connectivity index (χ1n) is 4.46. The fraction of sp³-hybridized carbons (Fsp3) is 0.444. The zero-order valence-electron chi connectivity index (χ0n) is 8.98. The summed E-state index contributed by atoms with van der Waals surface area (Å²) in [5.74, 6) is 0.277. The van der Waals surface area contributed by atoms with Crippen LogP contribution in [0.15, 0.2) is 18.3 Å². The first-order valence-corrected chi connectivity index (χ1v) is 5.94. The normalized spacial score (nSPS) is 12.5. The maximum Gasteiger partial charge on any atom is 0.238 e. The molecular weight excluding hydrogens is 214 g/mol. The van der Waals surface area contributed by atoms with Crippen molar-refractivity contribution in [3.05, 3.63) is 18.3 Å². The Hall–Kier alpha value is -1.30. The Balaban J connectivity index is 2.93. The second-order valence-corrected chi connectivity index (χ2v) is 6.63. The van der Waals surface area contributed by atoms with Crippen molar-refractivity contribution in [2.24, 2.45) is 0 Å². The molecule has 0 aliphatic rings. The van der Waals surface area contributed by atoms with Crippen molar-refractivity contribution in [1.29, 1.82) is 0 Å². The van der Waals surface area contributed by atoms with Crippen LogP contribution in [0.4, 0.5) is 11.5 Å². The number of pyridine rings is 1. The van der Waals surface area contributed by atoms with Crippen molar-refractivity contribution < 1.29 is 8.42 Å². The van der Waals surface area contributed by atoms with Crippen molar-refractivity contribution in [3.8, 4) is 0 Å². The van der Waals surface area contributed by atoms with Crippen LogP contribution in [0.2, 0.25) is 0 Å². The Morgan fingerprint density at radius 1 is 1.33 bits per heavy atom. The van der Waals surface area contributed by atoms with Gasteiger partial charge in [-0.25, -0.2) is 13.4 Å². The molecule has 0 bridgehead atoms. The summed E-state index contributed by atoms with van der Waals surface area (Å²) in [4.78, 5) is 3.86. The van der Waals surface area contributed by atoms with E-state index in [-0.39, 0.29) is 5.82 Å². The molecule has 1 heterocycles. The Morgan fingerprint density at radius 2 is 1.93 bits per heavy atom. The largest absolute Gasteiger partial charge is 0.397 e. The zero-order chi connectivity index (χ0) is 11.7. The van der Waals surface area contributed by atoms with Crippen LogP contribution < -0.4 is 10.5 Å². The van der Waals surface area contributed by atoms with Gasteiger partial charge in [0.2, 0.25) is 10.0 Å². The molecule has 1 aromatic heterocycles. The predicted octanol–water partition coefficient (Wildman–Crippen LogP) is 1.20. The molecule has 5 nitrogen and oxygen atoms in total. The highest BCUT2D eigenvalue weighted by atomic mass is 32.2. The number of anilines is 2. The van der Waals surface area contributed by atoms with Crippen LogP contribution in [0.3, 0.4) is 0 Å². The number of rotatable bonds is 2. The first kappa shape index (κ1) is 11.8. The molecule has 3 N–H and O–H groups in total. The summed E-state index contributed by atoms with van der Waals surface area (Å²) in [5, 5.41) is 0. The molecule has 0 amide bonds. The van der Waals surface area contributed by atoms with Gasteiger partial charge in [-0.15, -0.1) is 0 Å². The number of hydrogen-bond acceptors (Lipinski definition) is 4. The third kappa shape index (κ3) is 2.82. The molecule has 0 aliphatic heterocycles. The maximum atomic E-state index is 11.7. The number of hydrogen-bond donors (Lipinski definition) is 2. The number of nitrogens with one attached hydrogen (secondary N) is 1. The standard InChI is InChI=1S/C9H15N3O2S/c1-9(2,3)15(13,14)12-8-5-4-7(10)6-11-8/h4-6H,10H2,1-3H3,(H,11,12). The SMILES string of the molecule is CC(C)(C)S(=O)(=O)Nc1ccc(N)cn1. The highest BCUT2D eigenvalue weighted by Gasteiger charge is 2.29. The van der Waals surface area contributed by atoms with Crippen LogP contribution in [0.1, 0.15) is 20.8 Å². The molecular formula is C9H15N3O2S. The van der Waals surface area contributed by atoms with Crippen molar-refractivity contribution in [2.45, 2.75) is 25.5 Å². The minimum Gasteiger partial charge on any atom is -0.397 e. The number of nitrogens with two attached hydrogens (primary N) is 1. The average molecular weight is 229 g/mol. The predicted molar refractivity (Wildman–Crippen MR) is 60.9 cm³/mol. The minimum absolute atomic E-state index is 0.277. The number of nitrogens with zero attached hydrogens (tertiary/aromatic N) is 1. The van der Waals surface area contributed by atoms with Crippen LogP contribution >= 0.6 is 0 Å². The highest BCUT2D eigenvalue weighted by molar-refractivity contribution is 7.94. The topological polar surface area (TPSA) is 85.1 Å². The van der Waals surface area contributed by atoms with E-state index >= 15 is 0 Å². The molecule has 0 fully saturated rings. The van der Waals surface area contributed by atoms with Gasteiger partial charge in [-0.3, -0.25) is 4.72 Å². The van der Waals surface area contributed by atoms with E-state index in [4.69, 9.17) is 5.73 Å². The lowest BCUT2D eigenvalue weighted by molar-refractivity contribution is 0.566. The second-order valence-electron chi connectivity index (χ2n) is 4.19. The van der Waals surface area contributed by atoms with Crippen molar-refractivity contribution >= 4 is 21.5 Å². The summed E-state index contributed by atoms with van der Waals surface area (Å²) >= 11 is 0. The Kier molecular flexibility index (Phi) is 2.90.